The van der Waals surface area contributed by atoms with Crippen LogP contribution in [0.1, 0.15) is 25.0 Å². The van der Waals surface area contributed by atoms with Gasteiger partial charge in [0.05, 0.1) is 44.1 Å². The van der Waals surface area contributed by atoms with Gasteiger partial charge in [0.2, 0.25) is 0 Å². The number of fused-ring (bicyclic) bond motifs is 16. The molecule has 0 aliphatic rings. The summed E-state index contributed by atoms with van der Waals surface area (Å²) in [5.74, 6) is 0. The van der Waals surface area contributed by atoms with E-state index in [1.807, 2.05) is 0 Å². The van der Waals surface area contributed by atoms with Crippen molar-refractivity contribution in [2.45, 2.75) is 26.7 Å². The molecule has 120 heavy (non-hydrogen) atoms. The first kappa shape index (κ1) is 70.1. The van der Waals surface area contributed by atoms with Crippen LogP contribution in [0.2, 0.25) is 0 Å². The number of benzene rings is 20. The Morgan fingerprint density at radius 1 is 0.158 bits per heavy atom. The van der Waals surface area contributed by atoms with Crippen molar-refractivity contribution < 1.29 is 0 Å². The van der Waals surface area contributed by atoms with Crippen LogP contribution < -0.4 is 0 Å². The van der Waals surface area contributed by atoms with Crippen molar-refractivity contribution in [2.75, 3.05) is 0 Å². The number of hydrogen-bond acceptors (Lipinski definition) is 0. The molecule has 4 aromatic heterocycles. The maximum atomic E-state index is 2.44. The van der Waals surface area contributed by atoms with Gasteiger partial charge in [0.15, 0.2) is 0 Å². The molecule has 0 aliphatic heterocycles. The summed E-state index contributed by atoms with van der Waals surface area (Å²) in [6.45, 7) is 4.46. The minimum Gasteiger partial charge on any atom is -0.309 e. The normalized spacial score (nSPS) is 11.8. The number of aryl methyl sites for hydroxylation is 2. The fraction of sp³-hybridized carbons (Fsp3) is 0.0345. The summed E-state index contributed by atoms with van der Waals surface area (Å²) in [5.41, 5.74) is 32.1. The molecule has 4 nitrogen and oxygen atoms in total. The predicted molar refractivity (Wildman–Crippen MR) is 512 cm³/mol. The van der Waals surface area contributed by atoms with Gasteiger partial charge in [0, 0.05) is 65.8 Å². The Balaban J connectivity index is 0.000000140. The highest BCUT2D eigenvalue weighted by molar-refractivity contribution is 6.24. The monoisotopic (exact) mass is 1530 g/mol. The van der Waals surface area contributed by atoms with Crippen molar-refractivity contribution >= 4 is 130 Å². The van der Waals surface area contributed by atoms with E-state index in [-0.39, 0.29) is 0 Å². The van der Waals surface area contributed by atoms with E-state index in [1.54, 1.807) is 0 Å². The lowest BCUT2D eigenvalue weighted by molar-refractivity contribution is 1.07. The van der Waals surface area contributed by atoms with Gasteiger partial charge in [-0.2, -0.15) is 0 Å². The van der Waals surface area contributed by atoms with Gasteiger partial charge in [-0.05, 0) is 249 Å². The van der Waals surface area contributed by atoms with E-state index in [0.717, 1.165) is 24.2 Å². The third-order valence-electron chi connectivity index (χ3n) is 25.4. The minimum atomic E-state index is 0.983. The second-order valence-electron chi connectivity index (χ2n) is 31.9. The predicted octanol–water partition coefficient (Wildman–Crippen LogP) is 31.5. The SMILES string of the molecule is CCc1cccc(-n2c3ccccc3c3cc(-c4ccc5c(c4)c4ccccc4n5-c4ccc(-c5c6ccccc6c(-c6ccccc6)c6ccccc56)cc4)ccc32)c1.CCc1ccccc1-n1c2ccccc2c2cc(-c3ccc4c(c3)c3ccccc3n4-c3ccc(-c4c5ccccc5c(-c5ccccc5)c5ccccc45)cc3)ccc21. The van der Waals surface area contributed by atoms with Crippen LogP contribution in [0.15, 0.2) is 425 Å². The lowest BCUT2D eigenvalue weighted by Crippen LogP contribution is -1.98. The number of hydrogen-bond donors (Lipinski definition) is 0. The lowest BCUT2D eigenvalue weighted by Gasteiger charge is -2.18. The largest absolute Gasteiger partial charge is 0.309 e. The second kappa shape index (κ2) is 28.8. The highest BCUT2D eigenvalue weighted by Crippen LogP contribution is 2.49. The summed E-state index contributed by atoms with van der Waals surface area (Å²) in [5, 5.41) is 20.2. The van der Waals surface area contributed by atoms with Crippen LogP contribution in [0.3, 0.4) is 0 Å². The Labute approximate surface area is 695 Å². The molecule has 0 spiro atoms. The molecule has 0 saturated carbocycles. The molecular weight excluding hydrogens is 1450 g/mol. The molecule has 0 radical (unpaired) electrons. The summed E-state index contributed by atoms with van der Waals surface area (Å²) in [4.78, 5) is 0. The van der Waals surface area contributed by atoms with E-state index >= 15 is 0 Å². The van der Waals surface area contributed by atoms with Gasteiger partial charge in [-0.1, -0.05) is 323 Å². The van der Waals surface area contributed by atoms with Crippen LogP contribution in [0.4, 0.5) is 0 Å². The molecule has 0 fully saturated rings. The van der Waals surface area contributed by atoms with Crippen molar-refractivity contribution in [2.24, 2.45) is 0 Å². The van der Waals surface area contributed by atoms with Gasteiger partial charge in [0.1, 0.15) is 0 Å². The molecule has 20 aromatic carbocycles. The molecule has 0 amide bonds. The maximum Gasteiger partial charge on any atom is 0.0541 e. The van der Waals surface area contributed by atoms with Gasteiger partial charge in [-0.25, -0.2) is 0 Å². The number of aromatic nitrogens is 4. The van der Waals surface area contributed by atoms with Gasteiger partial charge in [-0.3, -0.25) is 0 Å². The molecule has 4 heteroatoms. The van der Waals surface area contributed by atoms with Gasteiger partial charge in [0.25, 0.3) is 0 Å². The van der Waals surface area contributed by atoms with Crippen LogP contribution in [-0.4, -0.2) is 18.3 Å². The Morgan fingerprint density at radius 2 is 0.417 bits per heavy atom. The third-order valence-corrected chi connectivity index (χ3v) is 25.4. The second-order valence-corrected chi connectivity index (χ2v) is 31.9. The quantitative estimate of drug-likeness (QED) is 0.109. The zero-order valence-electron chi connectivity index (χ0n) is 66.6. The molecule has 0 atom stereocenters. The first-order valence-corrected chi connectivity index (χ1v) is 42.0. The molecule has 4 heterocycles. The van der Waals surface area contributed by atoms with Crippen LogP contribution in [0, 0.1) is 0 Å². The molecule has 24 rings (SSSR count). The van der Waals surface area contributed by atoms with E-state index in [4.69, 9.17) is 0 Å². The van der Waals surface area contributed by atoms with E-state index in [9.17, 15) is 0 Å². The Morgan fingerprint density at radius 3 is 0.750 bits per heavy atom. The Bertz CT molecular complexity index is 8100. The summed E-state index contributed by atoms with van der Waals surface area (Å²) in [6, 6.07) is 157. The molecule has 0 bridgehead atoms. The van der Waals surface area contributed by atoms with Gasteiger partial charge < -0.3 is 18.3 Å². The van der Waals surface area contributed by atoms with Crippen molar-refractivity contribution in [3.05, 3.63) is 436 Å². The fourth-order valence-electron chi connectivity index (χ4n) is 19.9. The number of nitrogens with zero attached hydrogens (tertiary/aromatic N) is 4. The van der Waals surface area contributed by atoms with E-state index < -0.39 is 0 Å². The van der Waals surface area contributed by atoms with Gasteiger partial charge in [-0.15, -0.1) is 0 Å². The smallest absolute Gasteiger partial charge is 0.0541 e. The fourth-order valence-corrected chi connectivity index (χ4v) is 19.9. The van der Waals surface area contributed by atoms with Crippen molar-refractivity contribution in [3.63, 3.8) is 0 Å². The summed E-state index contributed by atoms with van der Waals surface area (Å²) in [7, 11) is 0. The molecule has 24 aromatic rings. The lowest BCUT2D eigenvalue weighted by atomic mass is 9.86. The van der Waals surface area contributed by atoms with E-state index in [2.05, 4.69) is 457 Å². The van der Waals surface area contributed by atoms with Crippen molar-refractivity contribution in [1.29, 1.82) is 0 Å². The molecule has 0 unspecified atom stereocenters. The zero-order chi connectivity index (χ0) is 79.5. The first-order chi connectivity index (χ1) is 59.5. The van der Waals surface area contributed by atoms with Crippen LogP contribution in [0.5, 0.6) is 0 Å². The highest BCUT2D eigenvalue weighted by Gasteiger charge is 2.24. The topological polar surface area (TPSA) is 19.7 Å². The average Bonchev–Trinajstić information content (AvgIpc) is 1.25. The highest BCUT2D eigenvalue weighted by atomic mass is 15.0. The average molecular weight is 1530 g/mol. The molecule has 0 aliphatic carbocycles. The molecule has 564 valence electrons. The maximum absolute atomic E-state index is 2.44. The Kier molecular flexibility index (Phi) is 16.8. The Hall–Kier alpha value is -15.4. The summed E-state index contributed by atoms with van der Waals surface area (Å²) < 4.78 is 9.71. The summed E-state index contributed by atoms with van der Waals surface area (Å²) in [6.07, 6.45) is 2.00. The minimum absolute atomic E-state index is 0.983. The third kappa shape index (κ3) is 11.4. The molecular formula is C116H80N4. The number of rotatable bonds is 12. The van der Waals surface area contributed by atoms with E-state index in [1.165, 1.54) is 220 Å². The van der Waals surface area contributed by atoms with Crippen LogP contribution in [-0.2, 0) is 12.8 Å². The van der Waals surface area contributed by atoms with Gasteiger partial charge >= 0.3 is 0 Å². The number of para-hydroxylation sites is 5. The standard InChI is InChI=1S/2C58H40N2/c1-2-38-16-6-13-25-52(38)60-54-27-15-12-20-45(54)51-37-42(31-35-56(51)60)41-30-34-55-50(36-41)44-19-11-14-26-53(44)59(55)43-32-28-40(29-33-43)58-48-23-9-7-21-46(48)57(39-17-4-3-5-18-39)47-22-8-10-24-49(47)58;1-2-38-15-14-18-44(35-38)60-54-26-13-11-20-46(54)52-37-42(30-34-56(52)60)41-29-33-55-51(36-41)45-19-10-12-25-53(45)59(55)43-31-27-40(28-32-43)58-49-23-8-6-21-47(49)57(39-16-4-3-5-17-39)48-22-7-9-24-50(48)58/h2*3-37H,2H2,1H3. The molecule has 0 saturated heterocycles. The zero-order valence-corrected chi connectivity index (χ0v) is 66.6. The summed E-state index contributed by atoms with van der Waals surface area (Å²) >= 11 is 0. The van der Waals surface area contributed by atoms with E-state index in [0.29, 0.717) is 0 Å². The molecule has 0 N–H and O–H groups in total. The van der Waals surface area contributed by atoms with Crippen molar-refractivity contribution in [1.82, 2.24) is 18.3 Å². The first-order valence-electron chi connectivity index (χ1n) is 42.0. The van der Waals surface area contributed by atoms with Crippen molar-refractivity contribution in [3.8, 4) is 89.5 Å². The van der Waals surface area contributed by atoms with Crippen LogP contribution >= 0.6 is 0 Å². The van der Waals surface area contributed by atoms with Crippen LogP contribution in [0.25, 0.3) is 220 Å².